The molecule has 28 heavy (non-hydrogen) atoms. The number of aromatic nitrogens is 2. The van der Waals surface area contributed by atoms with Gasteiger partial charge in [-0.25, -0.2) is 8.42 Å². The Kier molecular flexibility index (Phi) is 4.81. The van der Waals surface area contributed by atoms with Crippen LogP contribution in [0, 0.1) is 5.92 Å². The Labute approximate surface area is 168 Å². The Hall–Kier alpha value is -0.960. The zero-order valence-corrected chi connectivity index (χ0v) is 17.8. The zero-order valence-electron chi connectivity index (χ0n) is 17.0. The van der Waals surface area contributed by atoms with Crippen LogP contribution in [0.15, 0.2) is 5.03 Å². The van der Waals surface area contributed by atoms with Gasteiger partial charge < -0.3 is 9.64 Å². The fraction of sp³-hybridized carbons (Fsp3) is 0.850. The summed E-state index contributed by atoms with van der Waals surface area (Å²) in [4.78, 5) is 2.63. The third-order valence-corrected chi connectivity index (χ3v) is 9.55. The van der Waals surface area contributed by atoms with Gasteiger partial charge in [-0.05, 0) is 57.5 Å². The van der Waals surface area contributed by atoms with Crippen molar-refractivity contribution in [2.75, 3.05) is 19.7 Å². The van der Waals surface area contributed by atoms with E-state index < -0.39 is 10.0 Å². The maximum Gasteiger partial charge on any atom is 0.261 e. The molecule has 2 bridgehead atoms. The summed E-state index contributed by atoms with van der Waals surface area (Å²) in [6.45, 7) is 5.66. The molecule has 3 fully saturated rings. The first-order valence-corrected chi connectivity index (χ1v) is 12.3. The molecule has 0 N–H and O–H groups in total. The molecule has 4 aliphatic rings. The molecule has 1 aromatic rings. The molecule has 7 nitrogen and oxygen atoms in total. The molecule has 3 saturated heterocycles. The summed E-state index contributed by atoms with van der Waals surface area (Å²) in [5.41, 5.74) is 1.66. The maximum atomic E-state index is 13.7. The molecular formula is C20H32N4O3S. The van der Waals surface area contributed by atoms with E-state index in [9.17, 15) is 8.42 Å². The lowest BCUT2D eigenvalue weighted by Crippen LogP contribution is -2.53. The number of ether oxygens (including phenoxy) is 1. The molecule has 3 atom stereocenters. The summed E-state index contributed by atoms with van der Waals surface area (Å²) in [5, 5.41) is 4.87. The normalized spacial score (nSPS) is 32.6. The molecular weight excluding hydrogens is 376 g/mol. The molecule has 0 aromatic carbocycles. The van der Waals surface area contributed by atoms with Crippen LogP contribution in [0.25, 0.3) is 0 Å². The van der Waals surface area contributed by atoms with Crippen molar-refractivity contribution in [1.82, 2.24) is 19.0 Å². The third kappa shape index (κ3) is 3.04. The van der Waals surface area contributed by atoms with Crippen molar-refractivity contribution >= 4 is 10.0 Å². The Balaban J connectivity index is 1.40. The van der Waals surface area contributed by atoms with E-state index in [1.807, 2.05) is 4.31 Å². The molecule has 0 radical (unpaired) electrons. The molecule has 0 aliphatic carbocycles. The topological polar surface area (TPSA) is 67.7 Å². The maximum absolute atomic E-state index is 13.7. The quantitative estimate of drug-likeness (QED) is 0.764. The van der Waals surface area contributed by atoms with E-state index in [1.165, 1.54) is 25.9 Å². The molecule has 0 saturated carbocycles. The van der Waals surface area contributed by atoms with Crippen LogP contribution in [0.2, 0.25) is 0 Å². The summed E-state index contributed by atoms with van der Waals surface area (Å²) >= 11 is 0. The van der Waals surface area contributed by atoms with Crippen LogP contribution in [-0.2, 0) is 34.8 Å². The van der Waals surface area contributed by atoms with E-state index in [0.29, 0.717) is 30.7 Å². The van der Waals surface area contributed by atoms with E-state index in [-0.39, 0.29) is 12.1 Å². The van der Waals surface area contributed by atoms with Crippen molar-refractivity contribution in [3.63, 3.8) is 0 Å². The third-order valence-electron chi connectivity index (χ3n) is 7.40. The number of hydrogen-bond donors (Lipinski definition) is 0. The van der Waals surface area contributed by atoms with Crippen molar-refractivity contribution in [3.05, 3.63) is 11.3 Å². The molecule has 1 unspecified atom stereocenters. The number of nitrogens with zero attached hydrogens (tertiary/aromatic N) is 4. The highest BCUT2D eigenvalue weighted by Gasteiger charge is 2.50. The van der Waals surface area contributed by atoms with Gasteiger partial charge in [0.2, 0.25) is 0 Å². The number of fused-ring (bicyclic) bond motifs is 3. The first-order valence-electron chi connectivity index (χ1n) is 10.8. The van der Waals surface area contributed by atoms with E-state index in [0.717, 1.165) is 42.9 Å². The highest BCUT2D eigenvalue weighted by molar-refractivity contribution is 7.89. The van der Waals surface area contributed by atoms with Gasteiger partial charge in [0.05, 0.1) is 18.9 Å². The smallest absolute Gasteiger partial charge is 0.261 e. The highest BCUT2D eigenvalue weighted by Crippen LogP contribution is 2.42. The summed E-state index contributed by atoms with van der Waals surface area (Å²) in [6, 6.07) is 0.798. The highest BCUT2D eigenvalue weighted by atomic mass is 32.2. The molecule has 5 rings (SSSR count). The van der Waals surface area contributed by atoms with Gasteiger partial charge in [0, 0.05) is 37.2 Å². The van der Waals surface area contributed by atoms with Crippen LogP contribution < -0.4 is 0 Å². The average Bonchev–Trinajstić information content (AvgIpc) is 3.16. The zero-order chi connectivity index (χ0) is 19.5. The van der Waals surface area contributed by atoms with E-state index >= 15 is 0 Å². The Morgan fingerprint density at radius 1 is 1.04 bits per heavy atom. The van der Waals surface area contributed by atoms with Gasteiger partial charge in [0.1, 0.15) is 0 Å². The van der Waals surface area contributed by atoms with Crippen LogP contribution in [0.5, 0.6) is 0 Å². The number of sulfonamides is 1. The number of rotatable bonds is 3. The minimum atomic E-state index is -3.55. The summed E-state index contributed by atoms with van der Waals surface area (Å²) in [7, 11) is -1.80. The Morgan fingerprint density at radius 3 is 2.39 bits per heavy atom. The van der Waals surface area contributed by atoms with Crippen molar-refractivity contribution in [3.8, 4) is 0 Å². The number of aryl methyl sites for hydroxylation is 1. The molecule has 8 heteroatoms. The Morgan fingerprint density at radius 2 is 1.71 bits per heavy atom. The van der Waals surface area contributed by atoms with Crippen LogP contribution in [0.1, 0.15) is 56.7 Å². The monoisotopic (exact) mass is 408 g/mol. The van der Waals surface area contributed by atoms with E-state index in [2.05, 4.69) is 16.9 Å². The summed E-state index contributed by atoms with van der Waals surface area (Å²) < 4.78 is 36.4. The van der Waals surface area contributed by atoms with Crippen molar-refractivity contribution in [1.29, 1.82) is 0 Å². The van der Waals surface area contributed by atoms with E-state index in [4.69, 9.17) is 4.74 Å². The van der Waals surface area contributed by atoms with Gasteiger partial charge in [-0.2, -0.15) is 9.40 Å². The predicted molar refractivity (Wildman–Crippen MR) is 105 cm³/mol. The van der Waals surface area contributed by atoms with Crippen LogP contribution in [-0.4, -0.2) is 65.2 Å². The van der Waals surface area contributed by atoms with Gasteiger partial charge in [-0.1, -0.05) is 6.92 Å². The van der Waals surface area contributed by atoms with Gasteiger partial charge in [0.15, 0.2) is 5.03 Å². The van der Waals surface area contributed by atoms with Gasteiger partial charge in [-0.15, -0.1) is 0 Å². The second-order valence-corrected chi connectivity index (χ2v) is 11.0. The molecule has 5 heterocycles. The standard InChI is InChI=1S/C20H32N4O3S/c1-14-5-8-23(9-6-14)17-11-15-3-4-16(12-17)24(15)28(25,26)20-18-13-27-10-7-19(18)21-22(20)2/h14-17H,3-13H2,1-2H3/t15-,16+,17?. The van der Waals surface area contributed by atoms with Crippen LogP contribution in [0.4, 0.5) is 0 Å². The second kappa shape index (κ2) is 7.07. The first kappa shape index (κ1) is 19.0. The van der Waals surface area contributed by atoms with Crippen molar-refractivity contribution < 1.29 is 13.2 Å². The fourth-order valence-electron chi connectivity index (χ4n) is 5.91. The van der Waals surface area contributed by atoms with Crippen LogP contribution >= 0.6 is 0 Å². The summed E-state index contributed by atoms with van der Waals surface area (Å²) in [5.74, 6) is 0.826. The van der Waals surface area contributed by atoms with Crippen molar-refractivity contribution in [2.24, 2.45) is 13.0 Å². The van der Waals surface area contributed by atoms with Gasteiger partial charge in [-0.3, -0.25) is 4.68 Å². The van der Waals surface area contributed by atoms with E-state index in [1.54, 1.807) is 11.7 Å². The minimum absolute atomic E-state index is 0.128. The lowest BCUT2D eigenvalue weighted by Gasteiger charge is -2.44. The number of hydrogen-bond acceptors (Lipinski definition) is 5. The average molecular weight is 409 g/mol. The first-order chi connectivity index (χ1) is 13.4. The summed E-state index contributed by atoms with van der Waals surface area (Å²) in [6.07, 6.45) is 7.16. The predicted octanol–water partition coefficient (Wildman–Crippen LogP) is 1.91. The molecule has 4 aliphatic heterocycles. The molecule has 156 valence electrons. The molecule has 0 amide bonds. The van der Waals surface area contributed by atoms with Gasteiger partial charge in [0.25, 0.3) is 10.0 Å². The van der Waals surface area contributed by atoms with Gasteiger partial charge >= 0.3 is 0 Å². The molecule has 0 spiro atoms. The number of likely N-dealkylation sites (tertiary alicyclic amines) is 1. The minimum Gasteiger partial charge on any atom is -0.376 e. The van der Waals surface area contributed by atoms with Crippen LogP contribution in [0.3, 0.4) is 0 Å². The second-order valence-electron chi connectivity index (χ2n) is 9.22. The Bertz CT molecular complexity index is 830. The SMILES string of the molecule is CC1CCN(C2C[C@H]3CC[C@@H](C2)N3S(=O)(=O)c2c3c(nn2C)CCOC3)CC1. The van der Waals surface area contributed by atoms with Crippen molar-refractivity contribution in [2.45, 2.75) is 81.6 Å². The fourth-order valence-corrected chi connectivity index (χ4v) is 8.14. The number of piperidine rings is 2. The largest absolute Gasteiger partial charge is 0.376 e. The lowest BCUT2D eigenvalue weighted by molar-refractivity contribution is 0.0755. The molecule has 1 aromatic heterocycles. The lowest BCUT2D eigenvalue weighted by atomic mass is 9.93.